The molecule has 2 heterocycles. The summed E-state index contributed by atoms with van der Waals surface area (Å²) in [6, 6.07) is 3.96. The summed E-state index contributed by atoms with van der Waals surface area (Å²) in [5, 5.41) is 2.57. The van der Waals surface area contributed by atoms with Gasteiger partial charge in [0.15, 0.2) is 0 Å². The van der Waals surface area contributed by atoms with Gasteiger partial charge in [-0.05, 0) is 24.6 Å². The van der Waals surface area contributed by atoms with Gasteiger partial charge in [0.1, 0.15) is 11.9 Å². The number of halogens is 1. The van der Waals surface area contributed by atoms with Crippen LogP contribution in [0, 0.1) is 12.7 Å². The third-order valence-electron chi connectivity index (χ3n) is 4.58. The molecule has 0 aliphatic carbocycles. The average molecular weight is 348 g/mol. The predicted octanol–water partition coefficient (Wildman–Crippen LogP) is 0.0574. The molecule has 2 aliphatic rings. The molecule has 0 aromatic heterocycles. The van der Waals surface area contributed by atoms with Gasteiger partial charge in [-0.15, -0.1) is 0 Å². The standard InChI is InChI=1S/C17H21FN4O3/c1-11-3-4-12(18)13(7-11)19-15(23)9-21-5-6-22-14(8-21)17(25)20(2)10-16(22)24/h3-4,7,14H,5-6,8-10H2,1-2H3,(H,19,23)/t14-/m1/s1. The predicted molar refractivity (Wildman–Crippen MR) is 89.3 cm³/mol. The molecule has 25 heavy (non-hydrogen) atoms. The fourth-order valence-corrected chi connectivity index (χ4v) is 3.25. The van der Waals surface area contributed by atoms with Crippen molar-refractivity contribution in [3.63, 3.8) is 0 Å². The van der Waals surface area contributed by atoms with E-state index in [0.717, 1.165) is 5.56 Å². The SMILES string of the molecule is Cc1ccc(F)c(NC(=O)CN2CCN3C(=O)CN(C)C(=O)[C@H]3C2)c1. The number of piperazine rings is 2. The fourth-order valence-electron chi connectivity index (χ4n) is 3.25. The highest BCUT2D eigenvalue weighted by molar-refractivity contribution is 5.95. The maximum atomic E-state index is 13.7. The van der Waals surface area contributed by atoms with E-state index in [4.69, 9.17) is 0 Å². The quantitative estimate of drug-likeness (QED) is 0.838. The number of hydrogen-bond donors (Lipinski definition) is 1. The van der Waals surface area contributed by atoms with Crippen LogP contribution in [0.4, 0.5) is 10.1 Å². The van der Waals surface area contributed by atoms with Crippen LogP contribution < -0.4 is 5.32 Å². The Kier molecular flexibility index (Phi) is 4.71. The molecule has 1 atom stereocenters. The number of carbonyl (C=O) groups is 3. The van der Waals surface area contributed by atoms with Gasteiger partial charge < -0.3 is 15.1 Å². The van der Waals surface area contributed by atoms with Gasteiger partial charge in [0.05, 0.1) is 18.8 Å². The van der Waals surface area contributed by atoms with Crippen LogP contribution in [-0.4, -0.2) is 78.2 Å². The second-order valence-corrected chi connectivity index (χ2v) is 6.56. The first-order valence-electron chi connectivity index (χ1n) is 8.18. The van der Waals surface area contributed by atoms with Crippen molar-refractivity contribution in [2.75, 3.05) is 45.1 Å². The monoisotopic (exact) mass is 348 g/mol. The molecule has 0 bridgehead atoms. The number of anilines is 1. The number of benzene rings is 1. The highest BCUT2D eigenvalue weighted by Gasteiger charge is 2.41. The molecule has 0 saturated carbocycles. The summed E-state index contributed by atoms with van der Waals surface area (Å²) in [6.07, 6.45) is 0. The van der Waals surface area contributed by atoms with E-state index in [2.05, 4.69) is 5.32 Å². The molecule has 7 nitrogen and oxygen atoms in total. The number of fused-ring (bicyclic) bond motifs is 1. The topological polar surface area (TPSA) is 73.0 Å². The van der Waals surface area contributed by atoms with E-state index in [9.17, 15) is 18.8 Å². The minimum absolute atomic E-state index is 0.0446. The average Bonchev–Trinajstić information content (AvgIpc) is 2.56. The van der Waals surface area contributed by atoms with E-state index in [1.807, 2.05) is 11.8 Å². The number of hydrogen-bond acceptors (Lipinski definition) is 4. The molecule has 1 aromatic rings. The van der Waals surface area contributed by atoms with E-state index in [-0.39, 0.29) is 36.5 Å². The number of amides is 3. The summed E-state index contributed by atoms with van der Waals surface area (Å²) in [5.74, 6) is -1.02. The Hall–Kier alpha value is -2.48. The van der Waals surface area contributed by atoms with E-state index in [0.29, 0.717) is 19.6 Å². The molecule has 0 unspecified atom stereocenters. The van der Waals surface area contributed by atoms with Crippen molar-refractivity contribution in [3.05, 3.63) is 29.6 Å². The van der Waals surface area contributed by atoms with Crippen LogP contribution >= 0.6 is 0 Å². The van der Waals surface area contributed by atoms with E-state index in [1.165, 1.54) is 11.0 Å². The van der Waals surface area contributed by atoms with Crippen LogP contribution in [0.1, 0.15) is 5.56 Å². The lowest BCUT2D eigenvalue weighted by molar-refractivity contribution is -0.158. The minimum Gasteiger partial charge on any atom is -0.335 e. The lowest BCUT2D eigenvalue weighted by Gasteiger charge is -2.45. The molecule has 2 aliphatic heterocycles. The van der Waals surface area contributed by atoms with Crippen LogP contribution in [0.25, 0.3) is 0 Å². The summed E-state index contributed by atoms with van der Waals surface area (Å²) in [5.41, 5.74) is 0.993. The van der Waals surface area contributed by atoms with E-state index >= 15 is 0 Å². The van der Waals surface area contributed by atoms with Gasteiger partial charge in [-0.25, -0.2) is 4.39 Å². The first kappa shape index (κ1) is 17.3. The summed E-state index contributed by atoms with van der Waals surface area (Å²) >= 11 is 0. The molecular weight excluding hydrogens is 327 g/mol. The highest BCUT2D eigenvalue weighted by Crippen LogP contribution is 2.18. The molecule has 1 aromatic carbocycles. The van der Waals surface area contributed by atoms with Crippen molar-refractivity contribution >= 4 is 23.4 Å². The summed E-state index contributed by atoms with van der Waals surface area (Å²) < 4.78 is 13.7. The number of carbonyl (C=O) groups excluding carboxylic acids is 3. The zero-order chi connectivity index (χ0) is 18.1. The minimum atomic E-state index is -0.552. The number of nitrogens with one attached hydrogen (secondary N) is 1. The molecule has 2 saturated heterocycles. The first-order valence-corrected chi connectivity index (χ1v) is 8.18. The Morgan fingerprint density at radius 2 is 2.08 bits per heavy atom. The highest BCUT2D eigenvalue weighted by atomic mass is 19.1. The van der Waals surface area contributed by atoms with Gasteiger partial charge in [-0.1, -0.05) is 6.07 Å². The largest absolute Gasteiger partial charge is 0.335 e. The number of rotatable bonds is 3. The van der Waals surface area contributed by atoms with Crippen molar-refractivity contribution in [2.45, 2.75) is 13.0 Å². The number of likely N-dealkylation sites (N-methyl/N-ethyl adjacent to an activating group) is 1. The zero-order valence-corrected chi connectivity index (χ0v) is 14.3. The van der Waals surface area contributed by atoms with E-state index < -0.39 is 11.9 Å². The third kappa shape index (κ3) is 3.63. The Labute approximate surface area is 145 Å². The van der Waals surface area contributed by atoms with Gasteiger partial charge in [0, 0.05) is 26.7 Å². The first-order chi connectivity index (χ1) is 11.8. The van der Waals surface area contributed by atoms with Gasteiger partial charge in [0.25, 0.3) is 0 Å². The van der Waals surface area contributed by atoms with Crippen LogP contribution in [0.2, 0.25) is 0 Å². The summed E-state index contributed by atoms with van der Waals surface area (Å²) in [6.45, 7) is 3.18. The molecule has 134 valence electrons. The van der Waals surface area contributed by atoms with Gasteiger partial charge in [-0.2, -0.15) is 0 Å². The maximum Gasteiger partial charge on any atom is 0.246 e. The third-order valence-corrected chi connectivity index (χ3v) is 4.58. The Balaban J connectivity index is 1.62. The smallest absolute Gasteiger partial charge is 0.246 e. The van der Waals surface area contributed by atoms with Crippen molar-refractivity contribution in [2.24, 2.45) is 0 Å². The molecular formula is C17H21FN4O3. The number of nitrogens with zero attached hydrogens (tertiary/aromatic N) is 3. The molecule has 3 rings (SSSR count). The van der Waals surface area contributed by atoms with Crippen LogP contribution in [0.5, 0.6) is 0 Å². The van der Waals surface area contributed by atoms with Crippen molar-refractivity contribution in [1.82, 2.24) is 14.7 Å². The van der Waals surface area contributed by atoms with Crippen molar-refractivity contribution in [1.29, 1.82) is 0 Å². The normalized spacial score (nSPS) is 21.3. The van der Waals surface area contributed by atoms with Crippen molar-refractivity contribution in [3.8, 4) is 0 Å². The molecule has 1 N–H and O–H groups in total. The van der Waals surface area contributed by atoms with Crippen molar-refractivity contribution < 1.29 is 18.8 Å². The molecule has 0 radical (unpaired) electrons. The second kappa shape index (κ2) is 6.79. The zero-order valence-electron chi connectivity index (χ0n) is 14.3. The van der Waals surface area contributed by atoms with Crippen LogP contribution in [-0.2, 0) is 14.4 Å². The fraction of sp³-hybridized carbons (Fsp3) is 0.471. The maximum absolute atomic E-state index is 13.7. The second-order valence-electron chi connectivity index (χ2n) is 6.56. The summed E-state index contributed by atoms with van der Waals surface area (Å²) in [4.78, 5) is 41.3. The lowest BCUT2D eigenvalue weighted by Crippen LogP contribution is -2.66. The Morgan fingerprint density at radius 1 is 1.32 bits per heavy atom. The van der Waals surface area contributed by atoms with E-state index in [1.54, 1.807) is 24.1 Å². The summed E-state index contributed by atoms with van der Waals surface area (Å²) in [7, 11) is 1.60. The van der Waals surface area contributed by atoms with Crippen LogP contribution in [0.3, 0.4) is 0 Å². The molecule has 2 fully saturated rings. The van der Waals surface area contributed by atoms with Gasteiger partial charge >= 0.3 is 0 Å². The van der Waals surface area contributed by atoms with Gasteiger partial charge in [0.2, 0.25) is 17.7 Å². The molecule has 8 heteroatoms. The lowest BCUT2D eigenvalue weighted by atomic mass is 10.1. The van der Waals surface area contributed by atoms with Crippen LogP contribution in [0.15, 0.2) is 18.2 Å². The number of aryl methyl sites for hydroxylation is 1. The Bertz CT molecular complexity index is 724. The molecule has 3 amide bonds. The van der Waals surface area contributed by atoms with Gasteiger partial charge in [-0.3, -0.25) is 19.3 Å². The molecule has 0 spiro atoms. The Morgan fingerprint density at radius 3 is 2.84 bits per heavy atom.